The number of para-hydroxylation sites is 1. The van der Waals surface area contributed by atoms with E-state index in [1.54, 1.807) is 7.11 Å². The molecule has 1 aromatic carbocycles. The first kappa shape index (κ1) is 14.4. The van der Waals surface area contributed by atoms with Crippen LogP contribution >= 0.6 is 0 Å². The van der Waals surface area contributed by atoms with Gasteiger partial charge in [0.2, 0.25) is 5.89 Å². The monoisotopic (exact) mass is 284 g/mol. The molecular weight excluding hydrogens is 270 g/mol. The molecule has 0 atom stereocenters. The van der Waals surface area contributed by atoms with Crippen LogP contribution in [0.3, 0.4) is 0 Å². The van der Waals surface area contributed by atoms with Crippen molar-refractivity contribution in [3.05, 3.63) is 35.7 Å². The normalized spacial score (nSPS) is 10.8. The molecular formula is C12H14F2N4O2. The molecule has 20 heavy (non-hydrogen) atoms. The molecule has 0 aliphatic carbocycles. The number of anilines is 2. The van der Waals surface area contributed by atoms with Crippen LogP contribution in [0.4, 0.5) is 20.5 Å². The maximum Gasteiger partial charge on any atom is 0.320 e. The van der Waals surface area contributed by atoms with Gasteiger partial charge in [-0.15, -0.1) is 5.10 Å². The quantitative estimate of drug-likeness (QED) is 0.756. The summed E-state index contributed by atoms with van der Waals surface area (Å²) < 4.78 is 36.9. The Morgan fingerprint density at radius 3 is 2.70 bits per heavy atom. The molecule has 0 bridgehead atoms. The summed E-state index contributed by atoms with van der Waals surface area (Å²) in [7, 11) is 1.60. The van der Waals surface area contributed by atoms with Gasteiger partial charge in [0.25, 0.3) is 0 Å². The molecule has 108 valence electrons. The predicted octanol–water partition coefficient (Wildman–Crippen LogP) is 1.83. The zero-order valence-corrected chi connectivity index (χ0v) is 10.8. The molecule has 8 heteroatoms. The number of aromatic nitrogens is 2. The molecule has 0 saturated heterocycles. The van der Waals surface area contributed by atoms with Crippen LogP contribution in [0.1, 0.15) is 5.89 Å². The molecule has 0 amide bonds. The van der Waals surface area contributed by atoms with Crippen molar-refractivity contribution in [1.82, 2.24) is 15.5 Å². The first-order chi connectivity index (χ1) is 9.70. The smallest absolute Gasteiger partial charge is 0.320 e. The third-order valence-corrected chi connectivity index (χ3v) is 2.42. The summed E-state index contributed by atoms with van der Waals surface area (Å²) in [5.74, 6) is -1.16. The van der Waals surface area contributed by atoms with Gasteiger partial charge in [0.1, 0.15) is 17.3 Å². The zero-order valence-electron chi connectivity index (χ0n) is 10.8. The third-order valence-electron chi connectivity index (χ3n) is 2.42. The van der Waals surface area contributed by atoms with Gasteiger partial charge in [0, 0.05) is 13.7 Å². The third kappa shape index (κ3) is 3.72. The lowest BCUT2D eigenvalue weighted by atomic mass is 10.3. The Labute approximate surface area is 114 Å². The predicted molar refractivity (Wildman–Crippen MR) is 67.5 cm³/mol. The highest BCUT2D eigenvalue weighted by atomic mass is 19.1. The van der Waals surface area contributed by atoms with E-state index in [2.05, 4.69) is 20.8 Å². The van der Waals surface area contributed by atoms with E-state index in [1.165, 1.54) is 6.07 Å². The van der Waals surface area contributed by atoms with Crippen molar-refractivity contribution in [2.75, 3.05) is 25.6 Å². The summed E-state index contributed by atoms with van der Waals surface area (Å²) in [6.45, 7) is 1.53. The van der Waals surface area contributed by atoms with Crippen molar-refractivity contribution in [3.8, 4) is 0 Å². The molecule has 0 fully saturated rings. The van der Waals surface area contributed by atoms with Crippen LogP contribution in [-0.2, 0) is 11.3 Å². The van der Waals surface area contributed by atoms with Crippen LogP contribution in [0.15, 0.2) is 22.6 Å². The summed E-state index contributed by atoms with van der Waals surface area (Å²) in [5, 5.41) is 12.8. The molecule has 0 spiro atoms. The van der Waals surface area contributed by atoms with E-state index in [1.807, 2.05) is 0 Å². The summed E-state index contributed by atoms with van der Waals surface area (Å²) in [5.41, 5.74) is -0.324. The number of rotatable bonds is 7. The van der Waals surface area contributed by atoms with Gasteiger partial charge in [-0.2, -0.15) is 0 Å². The van der Waals surface area contributed by atoms with E-state index >= 15 is 0 Å². The molecule has 0 unspecified atom stereocenters. The van der Waals surface area contributed by atoms with Gasteiger partial charge in [-0.1, -0.05) is 11.2 Å². The van der Waals surface area contributed by atoms with Crippen molar-refractivity contribution < 1.29 is 17.9 Å². The molecule has 1 heterocycles. The van der Waals surface area contributed by atoms with Gasteiger partial charge in [-0.05, 0) is 12.1 Å². The lowest BCUT2D eigenvalue weighted by Gasteiger charge is -2.03. The Morgan fingerprint density at radius 2 is 2.00 bits per heavy atom. The number of nitrogens with one attached hydrogen (secondary N) is 2. The molecule has 0 saturated carbocycles. The number of benzene rings is 1. The van der Waals surface area contributed by atoms with Crippen LogP contribution in [0, 0.1) is 11.6 Å². The average Bonchev–Trinajstić information content (AvgIpc) is 2.87. The van der Waals surface area contributed by atoms with Crippen molar-refractivity contribution in [2.24, 2.45) is 0 Å². The topological polar surface area (TPSA) is 72.2 Å². The average molecular weight is 284 g/mol. The Hall–Kier alpha value is -2.06. The SMILES string of the molecule is COCCNCc1nnc(Nc2c(F)cccc2F)o1. The fourth-order valence-electron chi connectivity index (χ4n) is 1.47. The molecule has 6 nitrogen and oxygen atoms in total. The van der Waals surface area contributed by atoms with Crippen LogP contribution in [0.5, 0.6) is 0 Å². The van der Waals surface area contributed by atoms with Crippen LogP contribution in [0.2, 0.25) is 0 Å². The maximum absolute atomic E-state index is 13.4. The van der Waals surface area contributed by atoms with Gasteiger partial charge in [0.05, 0.1) is 13.2 Å². The number of methoxy groups -OCH3 is 1. The lowest BCUT2D eigenvalue weighted by molar-refractivity contribution is 0.198. The second-order valence-electron chi connectivity index (χ2n) is 3.89. The van der Waals surface area contributed by atoms with Gasteiger partial charge < -0.3 is 19.8 Å². The van der Waals surface area contributed by atoms with E-state index in [0.717, 1.165) is 12.1 Å². The highest BCUT2D eigenvalue weighted by Gasteiger charge is 2.12. The van der Waals surface area contributed by atoms with Crippen LogP contribution < -0.4 is 10.6 Å². The van der Waals surface area contributed by atoms with Gasteiger partial charge in [-0.3, -0.25) is 0 Å². The number of halogens is 2. The van der Waals surface area contributed by atoms with Crippen molar-refractivity contribution in [2.45, 2.75) is 6.54 Å². The Kier molecular flexibility index (Phi) is 4.97. The van der Waals surface area contributed by atoms with E-state index in [9.17, 15) is 8.78 Å². The Morgan fingerprint density at radius 1 is 1.25 bits per heavy atom. The highest BCUT2D eigenvalue weighted by Crippen LogP contribution is 2.22. The molecule has 2 N–H and O–H groups in total. The minimum atomic E-state index is -0.733. The molecule has 0 aliphatic heterocycles. The van der Waals surface area contributed by atoms with E-state index in [4.69, 9.17) is 9.15 Å². The minimum Gasteiger partial charge on any atom is -0.406 e. The molecule has 0 aliphatic rings. The summed E-state index contributed by atoms with van der Waals surface area (Å²) in [4.78, 5) is 0. The van der Waals surface area contributed by atoms with Gasteiger partial charge in [0.15, 0.2) is 0 Å². The van der Waals surface area contributed by atoms with Crippen LogP contribution in [0.25, 0.3) is 0 Å². The Balaban J connectivity index is 1.96. The number of hydrogen-bond acceptors (Lipinski definition) is 6. The van der Waals surface area contributed by atoms with E-state index in [0.29, 0.717) is 25.6 Å². The maximum atomic E-state index is 13.4. The largest absolute Gasteiger partial charge is 0.406 e. The minimum absolute atomic E-state index is 0.0717. The standard InChI is InChI=1S/C12H14F2N4O2/c1-19-6-5-15-7-10-17-18-12(20-10)16-11-8(13)3-2-4-9(11)14/h2-4,15H,5-7H2,1H3,(H,16,18). The molecule has 0 radical (unpaired) electrons. The highest BCUT2D eigenvalue weighted by molar-refractivity contribution is 5.53. The Bertz CT molecular complexity index is 542. The fraction of sp³-hybridized carbons (Fsp3) is 0.333. The molecule has 2 aromatic rings. The number of nitrogens with zero attached hydrogens (tertiary/aromatic N) is 2. The van der Waals surface area contributed by atoms with E-state index in [-0.39, 0.29) is 11.7 Å². The number of ether oxygens (including phenoxy) is 1. The first-order valence-corrected chi connectivity index (χ1v) is 5.94. The first-order valence-electron chi connectivity index (χ1n) is 5.94. The summed E-state index contributed by atoms with van der Waals surface area (Å²) >= 11 is 0. The van der Waals surface area contributed by atoms with Crippen LogP contribution in [-0.4, -0.2) is 30.5 Å². The molecule has 2 rings (SSSR count). The van der Waals surface area contributed by atoms with Crippen molar-refractivity contribution in [1.29, 1.82) is 0 Å². The number of hydrogen-bond donors (Lipinski definition) is 2. The van der Waals surface area contributed by atoms with Gasteiger partial charge in [-0.25, -0.2) is 8.78 Å². The van der Waals surface area contributed by atoms with Crippen molar-refractivity contribution in [3.63, 3.8) is 0 Å². The van der Waals surface area contributed by atoms with Crippen molar-refractivity contribution >= 4 is 11.7 Å². The summed E-state index contributed by atoms with van der Waals surface area (Å²) in [6.07, 6.45) is 0. The second-order valence-corrected chi connectivity index (χ2v) is 3.89. The van der Waals surface area contributed by atoms with E-state index < -0.39 is 11.6 Å². The summed E-state index contributed by atoms with van der Waals surface area (Å²) in [6, 6.07) is 3.47. The molecule has 1 aromatic heterocycles. The van der Waals surface area contributed by atoms with Gasteiger partial charge >= 0.3 is 6.01 Å². The second kappa shape index (κ2) is 6.92. The lowest BCUT2D eigenvalue weighted by Crippen LogP contribution is -2.18. The fourth-order valence-corrected chi connectivity index (χ4v) is 1.47. The zero-order chi connectivity index (χ0) is 14.4.